The van der Waals surface area contributed by atoms with Gasteiger partial charge in [-0.05, 0) is 0 Å². The van der Waals surface area contributed by atoms with Gasteiger partial charge >= 0.3 is 12.1 Å². The lowest BCUT2D eigenvalue weighted by Crippen LogP contribution is -2.33. The number of aliphatic hydroxyl groups excluding tert-OH is 1. The maximum Gasteiger partial charge on any atom is 0.458 e. The molecular formula is C10H7F7O. The minimum Gasteiger partial charge on any atom is -0.390 e. The quantitative estimate of drug-likeness (QED) is 0.839. The van der Waals surface area contributed by atoms with Crippen molar-refractivity contribution in [3.8, 4) is 0 Å². The van der Waals surface area contributed by atoms with Gasteiger partial charge in [0, 0.05) is 11.1 Å². The molecule has 1 rings (SSSR count). The summed E-state index contributed by atoms with van der Waals surface area (Å²) in [6.45, 7) is -1.57. The first-order valence-corrected chi connectivity index (χ1v) is 4.56. The first-order chi connectivity index (χ1) is 8.02. The Morgan fingerprint density at radius 2 is 1.17 bits per heavy atom. The highest BCUT2D eigenvalue weighted by Gasteiger charge is 2.58. The van der Waals surface area contributed by atoms with Gasteiger partial charge in [-0.15, -0.1) is 0 Å². The Bertz CT molecular complexity index is 407. The normalized spacial score (nSPS) is 13.8. The van der Waals surface area contributed by atoms with Crippen LogP contribution in [0.25, 0.3) is 0 Å². The van der Waals surface area contributed by atoms with E-state index in [-0.39, 0.29) is 12.1 Å². The van der Waals surface area contributed by atoms with Crippen LogP contribution in [0.2, 0.25) is 0 Å². The Morgan fingerprint density at radius 3 is 1.50 bits per heavy atom. The summed E-state index contributed by atoms with van der Waals surface area (Å²) in [7, 11) is 0. The molecule has 0 spiro atoms. The number of halogens is 7. The van der Waals surface area contributed by atoms with E-state index in [2.05, 4.69) is 0 Å². The van der Waals surface area contributed by atoms with Crippen LogP contribution in [0.3, 0.4) is 0 Å². The van der Waals surface area contributed by atoms with Crippen LogP contribution in [0.1, 0.15) is 11.1 Å². The van der Waals surface area contributed by atoms with Gasteiger partial charge < -0.3 is 5.11 Å². The number of benzene rings is 1. The fraction of sp³-hybridized carbons (Fsp3) is 0.400. The summed E-state index contributed by atoms with van der Waals surface area (Å²) in [6.07, 6.45) is -5.80. The van der Waals surface area contributed by atoms with E-state index in [1.54, 1.807) is 0 Å². The van der Waals surface area contributed by atoms with Crippen LogP contribution in [0, 0.1) is 0 Å². The third-order valence-electron chi connectivity index (χ3n) is 2.22. The fourth-order valence-corrected chi connectivity index (χ4v) is 1.18. The fourth-order valence-electron chi connectivity index (χ4n) is 1.18. The molecule has 0 atom stereocenters. The van der Waals surface area contributed by atoms with E-state index in [9.17, 15) is 30.7 Å². The van der Waals surface area contributed by atoms with Gasteiger partial charge in [0.1, 0.15) is 6.61 Å². The van der Waals surface area contributed by atoms with Crippen molar-refractivity contribution < 1.29 is 35.8 Å². The molecule has 0 amide bonds. The Hall–Kier alpha value is -1.31. The smallest absolute Gasteiger partial charge is 0.390 e. The van der Waals surface area contributed by atoms with E-state index in [4.69, 9.17) is 5.11 Å². The average molecular weight is 276 g/mol. The van der Waals surface area contributed by atoms with E-state index in [1.807, 2.05) is 0 Å². The Labute approximate surface area is 96.8 Å². The van der Waals surface area contributed by atoms with Gasteiger partial charge in [-0.25, -0.2) is 0 Å². The summed E-state index contributed by atoms with van der Waals surface area (Å²) in [6, 6.07) is 1.36. The highest BCUT2D eigenvalue weighted by atomic mass is 19.4. The number of alkyl halides is 7. The van der Waals surface area contributed by atoms with Crippen LogP contribution >= 0.6 is 0 Å². The predicted molar refractivity (Wildman–Crippen MR) is 47.4 cm³/mol. The molecule has 0 radical (unpaired) electrons. The van der Waals surface area contributed by atoms with Crippen LogP contribution in [0.5, 0.6) is 0 Å². The van der Waals surface area contributed by atoms with Gasteiger partial charge in [-0.3, -0.25) is 0 Å². The molecule has 0 fully saturated rings. The number of hydrogen-bond donors (Lipinski definition) is 1. The van der Waals surface area contributed by atoms with Crippen molar-refractivity contribution >= 4 is 0 Å². The van der Waals surface area contributed by atoms with Crippen molar-refractivity contribution in [2.75, 3.05) is 6.61 Å². The van der Waals surface area contributed by atoms with Crippen molar-refractivity contribution in [3.05, 3.63) is 35.4 Å². The van der Waals surface area contributed by atoms with E-state index in [0.29, 0.717) is 12.1 Å². The molecule has 0 saturated heterocycles. The lowest BCUT2D eigenvalue weighted by atomic mass is 10.0. The van der Waals surface area contributed by atoms with Crippen LogP contribution in [-0.4, -0.2) is 17.9 Å². The molecule has 0 aliphatic carbocycles. The molecule has 102 valence electrons. The summed E-state index contributed by atoms with van der Waals surface area (Å²) < 4.78 is 87.3. The minimum absolute atomic E-state index is 0.256. The van der Waals surface area contributed by atoms with Crippen LogP contribution in [-0.2, 0) is 11.8 Å². The zero-order valence-electron chi connectivity index (χ0n) is 8.61. The maximum absolute atomic E-state index is 12.9. The van der Waals surface area contributed by atoms with Crippen LogP contribution < -0.4 is 0 Å². The van der Waals surface area contributed by atoms with Crippen LogP contribution in [0.15, 0.2) is 24.3 Å². The Morgan fingerprint density at radius 1 is 0.778 bits per heavy atom. The first kappa shape index (κ1) is 14.7. The molecule has 1 nitrogen and oxygen atoms in total. The molecule has 8 heteroatoms. The molecule has 1 aromatic carbocycles. The molecule has 0 aliphatic heterocycles. The number of hydrogen-bond acceptors (Lipinski definition) is 1. The first-order valence-electron chi connectivity index (χ1n) is 4.56. The molecule has 0 unspecified atom stereocenters. The molecule has 1 N–H and O–H groups in total. The summed E-state index contributed by atoms with van der Waals surface area (Å²) in [5.41, 5.74) is -2.28. The molecule has 18 heavy (non-hydrogen) atoms. The van der Waals surface area contributed by atoms with E-state index in [1.165, 1.54) is 0 Å². The monoisotopic (exact) mass is 276 g/mol. The topological polar surface area (TPSA) is 20.2 Å². The Kier molecular flexibility index (Phi) is 3.62. The molecule has 0 saturated carbocycles. The summed E-state index contributed by atoms with van der Waals surface area (Å²) in [5.74, 6) is -8.80. The van der Waals surface area contributed by atoms with Crippen molar-refractivity contribution in [1.82, 2.24) is 0 Å². The highest BCUT2D eigenvalue weighted by molar-refractivity contribution is 5.29. The van der Waals surface area contributed by atoms with Crippen LogP contribution in [0.4, 0.5) is 30.7 Å². The van der Waals surface area contributed by atoms with Crippen molar-refractivity contribution in [2.45, 2.75) is 18.0 Å². The minimum atomic E-state index is -5.80. The maximum atomic E-state index is 12.9. The molecule has 1 aromatic rings. The second kappa shape index (κ2) is 4.42. The Balaban J connectivity index is 3.11. The molecule has 0 bridgehead atoms. The molecule has 0 heterocycles. The average Bonchev–Trinajstić information content (AvgIpc) is 2.27. The van der Waals surface area contributed by atoms with Gasteiger partial charge in [-0.2, -0.15) is 30.7 Å². The third-order valence-corrected chi connectivity index (χ3v) is 2.22. The van der Waals surface area contributed by atoms with E-state index < -0.39 is 35.8 Å². The van der Waals surface area contributed by atoms with Crippen molar-refractivity contribution in [2.24, 2.45) is 0 Å². The molecular weight excluding hydrogens is 269 g/mol. The largest absolute Gasteiger partial charge is 0.458 e. The number of aliphatic hydroxyl groups is 1. The van der Waals surface area contributed by atoms with E-state index >= 15 is 0 Å². The van der Waals surface area contributed by atoms with Crippen molar-refractivity contribution in [3.63, 3.8) is 0 Å². The van der Waals surface area contributed by atoms with Gasteiger partial charge in [0.2, 0.25) is 0 Å². The second-order valence-electron chi connectivity index (χ2n) is 3.51. The third kappa shape index (κ3) is 2.58. The lowest BCUT2D eigenvalue weighted by Gasteiger charge is -2.21. The zero-order valence-corrected chi connectivity index (χ0v) is 8.61. The van der Waals surface area contributed by atoms with Gasteiger partial charge in [0.25, 0.3) is 5.92 Å². The van der Waals surface area contributed by atoms with Crippen molar-refractivity contribution in [1.29, 1.82) is 0 Å². The van der Waals surface area contributed by atoms with E-state index in [0.717, 1.165) is 0 Å². The zero-order chi connectivity index (χ0) is 14.2. The van der Waals surface area contributed by atoms with Gasteiger partial charge in [0.05, 0.1) is 0 Å². The second-order valence-corrected chi connectivity index (χ2v) is 3.51. The SMILES string of the molecule is OCC(F)(F)c1ccc(C(F)(F)C(F)(F)F)cc1. The summed E-state index contributed by atoms with van der Waals surface area (Å²) >= 11 is 0. The summed E-state index contributed by atoms with van der Waals surface area (Å²) in [5, 5.41) is 8.33. The van der Waals surface area contributed by atoms with Gasteiger partial charge in [-0.1, -0.05) is 24.3 Å². The molecule has 0 aliphatic rings. The number of rotatable bonds is 3. The van der Waals surface area contributed by atoms with Gasteiger partial charge in [0.15, 0.2) is 0 Å². The highest BCUT2D eigenvalue weighted by Crippen LogP contribution is 2.44. The molecule has 0 aromatic heterocycles. The standard InChI is InChI=1S/C10H7F7O/c11-8(12,5-18)6-1-3-7(4-2-6)9(13,14)10(15,16)17/h1-4,18H,5H2. The lowest BCUT2D eigenvalue weighted by molar-refractivity contribution is -0.289. The predicted octanol–water partition coefficient (Wildman–Crippen LogP) is 3.42. The summed E-state index contributed by atoms with van der Waals surface area (Å²) in [4.78, 5) is 0.